The van der Waals surface area contributed by atoms with Crippen molar-refractivity contribution >= 4 is 7.85 Å². The van der Waals surface area contributed by atoms with Gasteiger partial charge < -0.3 is 26.5 Å². The molecule has 0 aliphatic heterocycles. The average molecular weight is 378 g/mol. The van der Waals surface area contributed by atoms with E-state index in [4.69, 9.17) is 4.74 Å². The van der Waals surface area contributed by atoms with Crippen LogP contribution in [0.2, 0.25) is 6.82 Å². The quantitative estimate of drug-likeness (QED) is 0.417. The second-order valence-corrected chi connectivity index (χ2v) is 1.20. The Labute approximate surface area is 107 Å². The molecule has 0 unspecified atom stereocenters. The predicted octanol–water partition coefficient (Wildman–Crippen LogP) is 2.35. The van der Waals surface area contributed by atoms with Crippen LogP contribution in [0.15, 0.2) is 0 Å². The van der Waals surface area contributed by atoms with Gasteiger partial charge in [0.15, 0.2) is 0 Å². The van der Waals surface area contributed by atoms with Gasteiger partial charge in [0.05, 0.1) is 7.85 Å². The molecular formula is C8H20BOVW-. The molecule has 0 amide bonds. The second kappa shape index (κ2) is 55.9. The molecule has 0 aromatic rings. The van der Waals surface area contributed by atoms with E-state index < -0.39 is 0 Å². The Morgan fingerprint density at radius 1 is 1.25 bits per heavy atom. The molecule has 0 aromatic carbocycles. The summed E-state index contributed by atoms with van der Waals surface area (Å²) in [6, 6.07) is 0. The van der Waals surface area contributed by atoms with E-state index in [0.29, 0.717) is 0 Å². The van der Waals surface area contributed by atoms with Crippen molar-refractivity contribution in [3.63, 3.8) is 0 Å². The minimum Gasteiger partial charge on any atom is -0.385 e. The van der Waals surface area contributed by atoms with Crippen molar-refractivity contribution < 1.29 is 44.4 Å². The minimum absolute atomic E-state index is 0. The van der Waals surface area contributed by atoms with Crippen molar-refractivity contribution in [2.24, 2.45) is 0 Å². The number of hydrogen-bond donors (Lipinski definition) is 0. The molecule has 12 heavy (non-hydrogen) atoms. The average Bonchev–Trinajstić information content (AvgIpc) is 1.88. The van der Waals surface area contributed by atoms with Crippen molar-refractivity contribution in [1.29, 1.82) is 0 Å². The van der Waals surface area contributed by atoms with E-state index in [-0.39, 0.29) is 54.5 Å². The van der Waals surface area contributed by atoms with Gasteiger partial charge in [-0.2, -0.15) is 6.42 Å². The number of ether oxygens (including phenoxy) is 1. The third-order valence-corrected chi connectivity index (χ3v) is 0.598. The minimum atomic E-state index is 0. The molecule has 0 aliphatic rings. The first-order valence-corrected chi connectivity index (χ1v) is 2.77. The van der Waals surface area contributed by atoms with Gasteiger partial charge in [0.1, 0.15) is 0 Å². The van der Waals surface area contributed by atoms with Gasteiger partial charge in [0.25, 0.3) is 0 Å². The van der Waals surface area contributed by atoms with Crippen molar-refractivity contribution in [2.75, 3.05) is 13.7 Å². The number of rotatable bonds is 3. The largest absolute Gasteiger partial charge is 2.00 e. The molecule has 0 aliphatic carbocycles. The molecule has 0 bridgehead atoms. The number of unbranched alkanes of at least 4 members (excludes halogenated alkanes) is 1. The zero-order chi connectivity index (χ0) is 6.83. The van der Waals surface area contributed by atoms with E-state index in [2.05, 4.69) is 14.8 Å². The first kappa shape index (κ1) is 37.8. The summed E-state index contributed by atoms with van der Waals surface area (Å²) in [6.07, 6.45) is 2.06. The zero-order valence-electron chi connectivity index (χ0n) is 8.67. The monoisotopic (exact) mass is 378 g/mol. The molecule has 4 heteroatoms. The molecule has 0 saturated heterocycles. The fraction of sp³-hybridized carbons (Fsp3) is 0.625. The summed E-state index contributed by atoms with van der Waals surface area (Å²) in [4.78, 5) is 0. The van der Waals surface area contributed by atoms with Crippen molar-refractivity contribution in [3.05, 3.63) is 21.8 Å². The van der Waals surface area contributed by atoms with Gasteiger partial charge in [-0.1, -0.05) is 13.2 Å². The maximum Gasteiger partial charge on any atom is 2.00 e. The van der Waals surface area contributed by atoms with E-state index in [9.17, 15) is 0 Å². The van der Waals surface area contributed by atoms with Gasteiger partial charge in [-0.05, 0) is 0 Å². The second-order valence-electron chi connectivity index (χ2n) is 1.20. The third kappa shape index (κ3) is 64.9. The van der Waals surface area contributed by atoms with E-state index in [1.807, 2.05) is 0 Å². The van der Waals surface area contributed by atoms with Crippen molar-refractivity contribution in [3.8, 4) is 0 Å². The summed E-state index contributed by atoms with van der Waals surface area (Å²) in [7, 11) is 6.20. The predicted molar refractivity (Wildman–Crippen MR) is 50.9 cm³/mol. The maximum absolute atomic E-state index is 4.74. The Morgan fingerprint density at radius 2 is 1.58 bits per heavy atom. The smallest absolute Gasteiger partial charge is 0.385 e. The maximum atomic E-state index is 4.74. The summed E-state index contributed by atoms with van der Waals surface area (Å²) in [6.45, 7) is 5.99. The Morgan fingerprint density at radius 3 is 1.67 bits per heavy atom. The summed E-state index contributed by atoms with van der Waals surface area (Å²) in [5.41, 5.74) is 0. The molecule has 1 nitrogen and oxygen atoms in total. The molecule has 0 heterocycles. The van der Waals surface area contributed by atoms with E-state index in [1.54, 1.807) is 7.11 Å². The van der Waals surface area contributed by atoms with Crippen LogP contribution in [0.5, 0.6) is 0 Å². The fourth-order valence-corrected chi connectivity index (χ4v) is 0.246. The summed E-state index contributed by atoms with van der Waals surface area (Å²) in [5, 5.41) is 0. The fourth-order valence-electron chi connectivity index (χ4n) is 0.246. The molecule has 0 spiro atoms. The molecule has 0 rings (SSSR count). The van der Waals surface area contributed by atoms with E-state index in [0.717, 1.165) is 19.4 Å². The molecule has 0 fully saturated rings. The van der Waals surface area contributed by atoms with Crippen LogP contribution in [0.1, 0.15) is 12.8 Å². The van der Waals surface area contributed by atoms with Gasteiger partial charge in [-0.15, -0.1) is 0 Å². The molecule has 73 valence electrons. The summed E-state index contributed by atoms with van der Waals surface area (Å²) in [5.74, 6) is 0. The third-order valence-electron chi connectivity index (χ3n) is 0.598. The van der Waals surface area contributed by atoms with Gasteiger partial charge >= 0.3 is 21.1 Å². The van der Waals surface area contributed by atoms with Crippen LogP contribution in [0.3, 0.4) is 0 Å². The molecule has 0 saturated carbocycles. The van der Waals surface area contributed by atoms with Crippen LogP contribution in [-0.4, -0.2) is 21.6 Å². The van der Waals surface area contributed by atoms with Crippen molar-refractivity contribution in [2.45, 2.75) is 19.7 Å². The molecule has 0 N–H and O–H groups in total. The molecular weight excluding hydrogens is 358 g/mol. The van der Waals surface area contributed by atoms with Crippen LogP contribution >= 0.6 is 0 Å². The summed E-state index contributed by atoms with van der Waals surface area (Å²) < 4.78 is 4.74. The van der Waals surface area contributed by atoms with Crippen LogP contribution in [0.4, 0.5) is 0 Å². The first-order chi connectivity index (χ1) is 3.91. The van der Waals surface area contributed by atoms with Crippen LogP contribution in [0, 0.1) is 21.8 Å². The number of methoxy groups -OCH3 is 1. The first-order valence-electron chi connectivity index (χ1n) is 2.77. The van der Waals surface area contributed by atoms with Gasteiger partial charge in [-0.25, -0.2) is 0 Å². The summed E-state index contributed by atoms with van der Waals surface area (Å²) >= 11 is 0. The normalized spacial score (nSPS) is 4.92. The Balaban J connectivity index is -0.0000000140. The topological polar surface area (TPSA) is 9.23 Å². The van der Waals surface area contributed by atoms with Gasteiger partial charge in [0.2, 0.25) is 0 Å². The van der Waals surface area contributed by atoms with Crippen LogP contribution < -0.4 is 0 Å². The Kier molecular flexibility index (Phi) is 176. The van der Waals surface area contributed by atoms with Gasteiger partial charge in [0, 0.05) is 32.3 Å². The van der Waals surface area contributed by atoms with Crippen LogP contribution in [0.25, 0.3) is 0 Å². The zero-order valence-corrected chi connectivity index (χ0v) is 13.0. The standard InChI is InChI=1S/C5H11O.CH3B.2CH3.V.W/c1-3-4-5-6-2;1-2;;;;/h1,3-5H2,2H3;1H3;2*1H3;;/q-1;;2*-1;;+2. The Hall–Kier alpha value is 1.30. The SMILES string of the molecule is [B]C.[CH2-]CCCOC.[CH3-].[CH3-].[V].[W+2]. The number of hydrogen-bond acceptors (Lipinski definition) is 1. The molecule has 0 aromatic heterocycles. The van der Waals surface area contributed by atoms with Gasteiger partial charge in [-0.3, -0.25) is 0 Å². The van der Waals surface area contributed by atoms with E-state index in [1.165, 1.54) is 6.82 Å². The Bertz CT molecular complexity index is 31.0. The van der Waals surface area contributed by atoms with E-state index >= 15 is 0 Å². The van der Waals surface area contributed by atoms with Crippen LogP contribution in [-0.2, 0) is 44.4 Å². The molecule has 3 radical (unpaired) electrons. The molecule has 0 atom stereocenters. The van der Waals surface area contributed by atoms with Crippen molar-refractivity contribution in [1.82, 2.24) is 0 Å².